The van der Waals surface area contributed by atoms with Gasteiger partial charge in [0.05, 0.1) is 17.1 Å². The molecule has 0 radical (unpaired) electrons. The summed E-state index contributed by atoms with van der Waals surface area (Å²) in [5.41, 5.74) is 9.95. The maximum absolute atomic E-state index is 5.64. The van der Waals surface area contributed by atoms with Crippen molar-refractivity contribution in [2.45, 2.75) is 19.8 Å². The van der Waals surface area contributed by atoms with Gasteiger partial charge in [-0.1, -0.05) is 0 Å². The predicted octanol–water partition coefficient (Wildman–Crippen LogP) is 0.866. The lowest BCUT2D eigenvalue weighted by Gasteiger charge is -2.15. The van der Waals surface area contributed by atoms with Crippen molar-refractivity contribution in [3.05, 3.63) is 23.3 Å². The molecule has 0 saturated carbocycles. The van der Waals surface area contributed by atoms with Crippen LogP contribution in [0.1, 0.15) is 17.1 Å². The highest BCUT2D eigenvalue weighted by atomic mass is 15.1. The average molecular weight is 215 g/mol. The standard InChI is InChI=1S/C11H13N5/c1-6-14-8-4-3-7-5-13-11(12)15-9(7)10(8)16(6)2/h5H,3-4H2,1-2H3,(H2,12,13,15). The Kier molecular flexibility index (Phi) is 1.77. The number of aromatic nitrogens is 4. The molecule has 0 atom stereocenters. The highest BCUT2D eigenvalue weighted by Crippen LogP contribution is 2.31. The van der Waals surface area contributed by atoms with Crippen molar-refractivity contribution in [1.82, 2.24) is 19.5 Å². The van der Waals surface area contributed by atoms with Crippen molar-refractivity contribution >= 4 is 5.95 Å². The highest BCUT2D eigenvalue weighted by molar-refractivity contribution is 5.65. The number of fused-ring (bicyclic) bond motifs is 3. The van der Waals surface area contributed by atoms with Crippen LogP contribution in [-0.2, 0) is 19.9 Å². The molecule has 2 heterocycles. The number of hydrogen-bond donors (Lipinski definition) is 1. The number of nitrogens with two attached hydrogens (primary N) is 1. The molecule has 2 N–H and O–H groups in total. The van der Waals surface area contributed by atoms with Crippen LogP contribution in [0.25, 0.3) is 11.4 Å². The number of nitrogen functional groups attached to an aromatic ring is 1. The maximum Gasteiger partial charge on any atom is 0.220 e. The summed E-state index contributed by atoms with van der Waals surface area (Å²) in [6.07, 6.45) is 3.72. The number of imidazole rings is 1. The van der Waals surface area contributed by atoms with E-state index in [9.17, 15) is 0 Å². The van der Waals surface area contributed by atoms with Crippen LogP contribution in [0, 0.1) is 6.92 Å². The second kappa shape index (κ2) is 3.04. The van der Waals surface area contributed by atoms with E-state index < -0.39 is 0 Å². The normalized spacial score (nSPS) is 13.4. The van der Waals surface area contributed by atoms with Crippen molar-refractivity contribution in [2.75, 3.05) is 5.73 Å². The van der Waals surface area contributed by atoms with Gasteiger partial charge in [0.25, 0.3) is 0 Å². The van der Waals surface area contributed by atoms with E-state index in [0.29, 0.717) is 5.95 Å². The van der Waals surface area contributed by atoms with Gasteiger partial charge in [-0.25, -0.2) is 15.0 Å². The van der Waals surface area contributed by atoms with Crippen LogP contribution >= 0.6 is 0 Å². The van der Waals surface area contributed by atoms with Gasteiger partial charge < -0.3 is 10.3 Å². The van der Waals surface area contributed by atoms with Gasteiger partial charge in [-0.2, -0.15) is 0 Å². The van der Waals surface area contributed by atoms with Crippen molar-refractivity contribution in [1.29, 1.82) is 0 Å². The Labute approximate surface area is 93.4 Å². The second-order valence-electron chi connectivity index (χ2n) is 4.12. The molecule has 82 valence electrons. The molecule has 0 aliphatic heterocycles. The Balaban J connectivity index is 2.32. The molecule has 16 heavy (non-hydrogen) atoms. The van der Waals surface area contributed by atoms with E-state index in [4.69, 9.17) is 5.73 Å². The Morgan fingerprint density at radius 2 is 2.12 bits per heavy atom. The minimum atomic E-state index is 0.324. The zero-order chi connectivity index (χ0) is 11.3. The van der Waals surface area contributed by atoms with Crippen LogP contribution in [0.5, 0.6) is 0 Å². The van der Waals surface area contributed by atoms with E-state index in [0.717, 1.165) is 41.3 Å². The molecule has 1 aliphatic carbocycles. The summed E-state index contributed by atoms with van der Waals surface area (Å²) < 4.78 is 2.07. The SMILES string of the molecule is Cc1nc2c(n1C)-c1nc(N)ncc1CC2. The van der Waals surface area contributed by atoms with Crippen LogP contribution in [0.15, 0.2) is 6.20 Å². The van der Waals surface area contributed by atoms with Gasteiger partial charge in [0.2, 0.25) is 5.95 Å². The van der Waals surface area contributed by atoms with E-state index in [1.807, 2.05) is 20.2 Å². The summed E-state index contributed by atoms with van der Waals surface area (Å²) in [5, 5.41) is 0. The molecule has 0 saturated heterocycles. The predicted molar refractivity (Wildman–Crippen MR) is 60.8 cm³/mol. The number of rotatable bonds is 0. The number of anilines is 1. The Hall–Kier alpha value is -1.91. The summed E-state index contributed by atoms with van der Waals surface area (Å²) in [4.78, 5) is 12.9. The van der Waals surface area contributed by atoms with E-state index in [1.165, 1.54) is 0 Å². The van der Waals surface area contributed by atoms with Crippen LogP contribution in [-0.4, -0.2) is 19.5 Å². The molecule has 0 spiro atoms. The highest BCUT2D eigenvalue weighted by Gasteiger charge is 2.23. The summed E-state index contributed by atoms with van der Waals surface area (Å²) in [6.45, 7) is 2.00. The van der Waals surface area contributed by atoms with E-state index in [2.05, 4.69) is 19.5 Å². The molecular weight excluding hydrogens is 202 g/mol. The monoisotopic (exact) mass is 215 g/mol. The lowest BCUT2D eigenvalue weighted by molar-refractivity contribution is 0.848. The molecular formula is C11H13N5. The number of aryl methyl sites for hydroxylation is 3. The lowest BCUT2D eigenvalue weighted by Crippen LogP contribution is -2.10. The molecule has 3 rings (SSSR count). The van der Waals surface area contributed by atoms with Crippen molar-refractivity contribution in [3.63, 3.8) is 0 Å². The third-order valence-electron chi connectivity index (χ3n) is 3.13. The summed E-state index contributed by atoms with van der Waals surface area (Å²) in [6, 6.07) is 0. The zero-order valence-corrected chi connectivity index (χ0v) is 9.36. The van der Waals surface area contributed by atoms with Gasteiger partial charge in [-0.05, 0) is 25.3 Å². The fourth-order valence-corrected chi connectivity index (χ4v) is 2.21. The van der Waals surface area contributed by atoms with Gasteiger partial charge in [-0.3, -0.25) is 0 Å². The Morgan fingerprint density at radius 3 is 2.94 bits per heavy atom. The minimum Gasteiger partial charge on any atom is -0.368 e. The molecule has 5 nitrogen and oxygen atoms in total. The van der Waals surface area contributed by atoms with E-state index in [1.54, 1.807) is 0 Å². The first-order valence-electron chi connectivity index (χ1n) is 5.31. The Morgan fingerprint density at radius 1 is 1.31 bits per heavy atom. The molecule has 2 aromatic heterocycles. The summed E-state index contributed by atoms with van der Waals surface area (Å²) in [7, 11) is 2.01. The third kappa shape index (κ3) is 1.14. The van der Waals surface area contributed by atoms with E-state index >= 15 is 0 Å². The van der Waals surface area contributed by atoms with Gasteiger partial charge in [0, 0.05) is 13.2 Å². The molecule has 0 fully saturated rings. The van der Waals surface area contributed by atoms with Gasteiger partial charge in [0.1, 0.15) is 5.82 Å². The molecule has 0 bridgehead atoms. The zero-order valence-electron chi connectivity index (χ0n) is 9.36. The third-order valence-corrected chi connectivity index (χ3v) is 3.13. The Bertz CT molecular complexity index is 570. The fourth-order valence-electron chi connectivity index (χ4n) is 2.21. The van der Waals surface area contributed by atoms with Crippen LogP contribution < -0.4 is 5.73 Å². The molecule has 2 aromatic rings. The van der Waals surface area contributed by atoms with Crippen LogP contribution in [0.3, 0.4) is 0 Å². The minimum absolute atomic E-state index is 0.324. The lowest BCUT2D eigenvalue weighted by atomic mass is 9.98. The molecule has 1 aliphatic rings. The number of nitrogens with zero attached hydrogens (tertiary/aromatic N) is 4. The molecule has 5 heteroatoms. The van der Waals surface area contributed by atoms with Crippen molar-refractivity contribution in [2.24, 2.45) is 7.05 Å². The second-order valence-corrected chi connectivity index (χ2v) is 4.12. The first kappa shape index (κ1) is 9.33. The fraction of sp³-hybridized carbons (Fsp3) is 0.364. The molecule has 0 unspecified atom stereocenters. The smallest absolute Gasteiger partial charge is 0.220 e. The molecule has 0 amide bonds. The first-order valence-corrected chi connectivity index (χ1v) is 5.31. The quantitative estimate of drug-likeness (QED) is 0.707. The summed E-state index contributed by atoms with van der Waals surface area (Å²) in [5.74, 6) is 1.33. The van der Waals surface area contributed by atoms with Gasteiger partial charge in [-0.15, -0.1) is 0 Å². The van der Waals surface area contributed by atoms with Crippen molar-refractivity contribution < 1.29 is 0 Å². The molecule has 0 aromatic carbocycles. The van der Waals surface area contributed by atoms with Crippen LogP contribution in [0.4, 0.5) is 5.95 Å². The maximum atomic E-state index is 5.64. The topological polar surface area (TPSA) is 69.6 Å². The largest absolute Gasteiger partial charge is 0.368 e. The summed E-state index contributed by atoms with van der Waals surface area (Å²) >= 11 is 0. The van der Waals surface area contributed by atoms with Crippen LogP contribution in [0.2, 0.25) is 0 Å². The first-order chi connectivity index (χ1) is 7.66. The van der Waals surface area contributed by atoms with E-state index in [-0.39, 0.29) is 0 Å². The number of hydrogen-bond acceptors (Lipinski definition) is 4. The average Bonchev–Trinajstić information content (AvgIpc) is 2.55. The van der Waals surface area contributed by atoms with Gasteiger partial charge in [0.15, 0.2) is 0 Å². The van der Waals surface area contributed by atoms with Crippen molar-refractivity contribution in [3.8, 4) is 11.4 Å². The van der Waals surface area contributed by atoms with Gasteiger partial charge >= 0.3 is 0 Å².